The van der Waals surface area contributed by atoms with Crippen LogP contribution in [-0.4, -0.2) is 50.4 Å². The number of nitrogens with one attached hydrogen (secondary N) is 1. The zero-order valence-electron chi connectivity index (χ0n) is 24.3. The maximum absolute atomic E-state index is 16.3. The number of hydrogen-bond acceptors (Lipinski definition) is 5. The molecule has 4 heterocycles. The molecule has 1 saturated heterocycles. The summed E-state index contributed by atoms with van der Waals surface area (Å²) in [6.45, 7) is 0.578. The van der Waals surface area contributed by atoms with E-state index in [1.807, 2.05) is 6.07 Å². The van der Waals surface area contributed by atoms with Gasteiger partial charge in [-0.2, -0.15) is 5.10 Å². The molecule has 0 radical (unpaired) electrons. The lowest BCUT2D eigenvalue weighted by Gasteiger charge is -2.44. The second-order valence-electron chi connectivity index (χ2n) is 12.7. The molecule has 45 heavy (non-hydrogen) atoms. The molecule has 3 aromatic carbocycles. The molecule has 4 atom stereocenters. The number of carbonyl (C=O) groups is 2. The number of rotatable bonds is 3. The van der Waals surface area contributed by atoms with E-state index in [-0.39, 0.29) is 41.1 Å². The van der Waals surface area contributed by atoms with E-state index in [1.54, 1.807) is 41.1 Å². The second kappa shape index (κ2) is 10.7. The van der Waals surface area contributed by atoms with Crippen LogP contribution in [0.25, 0.3) is 10.9 Å². The van der Waals surface area contributed by atoms with Crippen LogP contribution in [-0.2, 0) is 16.9 Å². The van der Waals surface area contributed by atoms with Crippen molar-refractivity contribution in [3.05, 3.63) is 87.2 Å². The van der Waals surface area contributed by atoms with Gasteiger partial charge in [-0.3, -0.25) is 9.69 Å². The average molecular weight is 650 g/mol. The highest BCUT2D eigenvalue weighted by molar-refractivity contribution is 6.31. The molecule has 4 aliphatic rings. The fourth-order valence-corrected chi connectivity index (χ4v) is 9.00. The Labute approximate surface area is 269 Å². The number of halogens is 3. The van der Waals surface area contributed by atoms with Gasteiger partial charge in [-0.05, 0) is 54.8 Å². The Morgan fingerprint density at radius 3 is 2.64 bits per heavy atom. The first kappa shape index (κ1) is 28.8. The van der Waals surface area contributed by atoms with E-state index in [1.165, 1.54) is 12.1 Å². The summed E-state index contributed by atoms with van der Waals surface area (Å²) in [5.74, 6) is -2.22. The molecule has 1 aromatic heterocycles. The second-order valence-corrected chi connectivity index (χ2v) is 13.5. The molecular weight excluding hydrogens is 618 g/mol. The van der Waals surface area contributed by atoms with Crippen molar-refractivity contribution in [2.45, 2.75) is 68.6 Å². The Hall–Kier alpha value is -3.66. The predicted octanol–water partition coefficient (Wildman–Crippen LogP) is 7.23. The van der Waals surface area contributed by atoms with Gasteiger partial charge in [-0.15, -0.1) is 0 Å². The molecule has 1 aliphatic carbocycles. The number of nitrogens with zero attached hydrogens (tertiary/aromatic N) is 3. The molecule has 8 rings (SSSR count). The lowest BCUT2D eigenvalue weighted by Crippen LogP contribution is -2.57. The van der Waals surface area contributed by atoms with Crippen molar-refractivity contribution < 1.29 is 23.8 Å². The first-order chi connectivity index (χ1) is 21.8. The van der Waals surface area contributed by atoms with Crippen molar-refractivity contribution in [3.63, 3.8) is 0 Å². The number of carboxylic acids is 1. The summed E-state index contributed by atoms with van der Waals surface area (Å²) in [7, 11) is 0. The number of carboxylic acid groups (broad SMARTS) is 1. The van der Waals surface area contributed by atoms with Crippen LogP contribution in [0.3, 0.4) is 0 Å². The summed E-state index contributed by atoms with van der Waals surface area (Å²) in [4.78, 5) is 28.8. The van der Waals surface area contributed by atoms with Crippen LogP contribution in [0.15, 0.2) is 54.6 Å². The summed E-state index contributed by atoms with van der Waals surface area (Å²) in [6, 6.07) is 15.1. The lowest BCUT2D eigenvalue weighted by molar-refractivity contribution is -0.130. The van der Waals surface area contributed by atoms with Crippen LogP contribution in [0.5, 0.6) is 5.88 Å². The van der Waals surface area contributed by atoms with Gasteiger partial charge >= 0.3 is 5.97 Å². The maximum atomic E-state index is 16.3. The van der Waals surface area contributed by atoms with Crippen molar-refractivity contribution >= 4 is 51.7 Å². The van der Waals surface area contributed by atoms with E-state index in [0.29, 0.717) is 39.6 Å². The summed E-state index contributed by atoms with van der Waals surface area (Å²) in [6.07, 6.45) is 6.17. The number of carbonyl (C=O) groups excluding carboxylic acids is 1. The summed E-state index contributed by atoms with van der Waals surface area (Å²) < 4.78 is 24.7. The highest BCUT2D eigenvalue weighted by Crippen LogP contribution is 2.62. The van der Waals surface area contributed by atoms with E-state index in [4.69, 9.17) is 33.0 Å². The molecule has 2 N–H and O–H groups in total. The zero-order chi connectivity index (χ0) is 31.0. The van der Waals surface area contributed by atoms with Crippen LogP contribution in [0.2, 0.25) is 10.0 Å². The predicted molar refractivity (Wildman–Crippen MR) is 169 cm³/mol. The number of amides is 1. The van der Waals surface area contributed by atoms with Crippen molar-refractivity contribution in [2.24, 2.45) is 5.92 Å². The van der Waals surface area contributed by atoms with Crippen LogP contribution in [0.4, 0.5) is 10.1 Å². The van der Waals surface area contributed by atoms with Gasteiger partial charge in [0.25, 0.3) is 0 Å². The van der Waals surface area contributed by atoms with Crippen molar-refractivity contribution in [2.75, 3.05) is 11.9 Å². The number of aromatic carboxylic acids is 1. The maximum Gasteiger partial charge on any atom is 0.335 e. The van der Waals surface area contributed by atoms with Gasteiger partial charge in [0.1, 0.15) is 18.0 Å². The van der Waals surface area contributed by atoms with Crippen molar-refractivity contribution in [3.8, 4) is 5.88 Å². The molecule has 2 fully saturated rings. The third-order valence-electron chi connectivity index (χ3n) is 10.4. The van der Waals surface area contributed by atoms with Gasteiger partial charge in [-0.1, -0.05) is 67.1 Å². The minimum Gasteiger partial charge on any atom is -0.478 e. The minimum atomic E-state index is -1.25. The molecule has 0 unspecified atom stereocenters. The minimum absolute atomic E-state index is 0.00144. The molecule has 3 aliphatic heterocycles. The van der Waals surface area contributed by atoms with Crippen molar-refractivity contribution in [1.82, 2.24) is 14.7 Å². The quantitative estimate of drug-likeness (QED) is 0.228. The number of aromatic nitrogens is 2. The number of ether oxygens (including phenoxy) is 1. The molecule has 4 aromatic rings. The number of anilines is 1. The fourth-order valence-electron chi connectivity index (χ4n) is 8.64. The Morgan fingerprint density at radius 2 is 1.87 bits per heavy atom. The number of hydrogen-bond donors (Lipinski definition) is 2. The van der Waals surface area contributed by atoms with E-state index in [2.05, 4.69) is 10.2 Å². The van der Waals surface area contributed by atoms with Crippen LogP contribution >= 0.6 is 23.2 Å². The normalized spacial score (nSPS) is 26.6. The molecule has 1 spiro atoms. The van der Waals surface area contributed by atoms with Gasteiger partial charge in [0.2, 0.25) is 11.8 Å². The first-order valence-electron chi connectivity index (χ1n) is 15.5. The SMILES string of the molecule is O=C(O)c1ccc2c3n(nc2c1)C[C@@H]1[C@H](CO3)N(C2CCCCCC2)[C@@]2(C(=O)Nc3cc(Cl)ccc32)[C@H]1c1cccc(Cl)c1F. The van der Waals surface area contributed by atoms with Crippen LogP contribution in [0.1, 0.15) is 65.9 Å². The van der Waals surface area contributed by atoms with Crippen molar-refractivity contribution in [1.29, 1.82) is 0 Å². The van der Waals surface area contributed by atoms with Crippen LogP contribution in [0, 0.1) is 11.7 Å². The summed E-state index contributed by atoms with van der Waals surface area (Å²) >= 11 is 12.9. The lowest BCUT2D eigenvalue weighted by atomic mass is 9.71. The largest absolute Gasteiger partial charge is 0.478 e. The molecular formula is C34H31Cl2FN4O4. The van der Waals surface area contributed by atoms with Gasteiger partial charge in [0, 0.05) is 40.7 Å². The zero-order valence-corrected chi connectivity index (χ0v) is 25.8. The number of fused-ring (bicyclic) bond motifs is 6. The first-order valence-corrected chi connectivity index (χ1v) is 16.2. The van der Waals surface area contributed by atoms with E-state index >= 15 is 4.39 Å². The summed E-state index contributed by atoms with van der Waals surface area (Å²) in [5.41, 5.74) is 1.16. The van der Waals surface area contributed by atoms with E-state index in [9.17, 15) is 14.7 Å². The Kier molecular flexibility index (Phi) is 6.85. The van der Waals surface area contributed by atoms with Gasteiger partial charge < -0.3 is 15.2 Å². The molecule has 0 bridgehead atoms. The molecule has 8 nitrogen and oxygen atoms in total. The Bertz CT molecular complexity index is 1870. The average Bonchev–Trinajstić information content (AvgIpc) is 3.41. The number of likely N-dealkylation sites (tertiary alicyclic amines) is 1. The monoisotopic (exact) mass is 648 g/mol. The van der Waals surface area contributed by atoms with Gasteiger partial charge in [0.15, 0.2) is 0 Å². The summed E-state index contributed by atoms with van der Waals surface area (Å²) in [5, 5.41) is 18.7. The third-order valence-corrected chi connectivity index (χ3v) is 10.9. The molecule has 1 amide bonds. The topological polar surface area (TPSA) is 96.7 Å². The Balaban J connectivity index is 1.38. The van der Waals surface area contributed by atoms with Gasteiger partial charge in [-0.25, -0.2) is 13.9 Å². The van der Waals surface area contributed by atoms with Gasteiger partial charge in [0.05, 0.1) is 27.5 Å². The standard InChI is InChI=1S/C34H31Cl2FN4O4/c35-19-11-13-24-27(15-19)38-33(44)34(24)29(22-8-5-9-25(36)30(22)37)23-16-40-31(21-12-10-18(32(42)43)14-26(21)39-40)45-17-28(23)41(34)20-6-3-1-2-4-7-20/h5,8-15,20,23,28-29H,1-4,6-7,16-17H2,(H,38,44)(H,42,43)/t23-,28+,29+,34-/m1/s1. The fraction of sp³-hybridized carbons (Fsp3) is 0.382. The number of benzene rings is 3. The smallest absolute Gasteiger partial charge is 0.335 e. The molecule has 11 heteroatoms. The van der Waals surface area contributed by atoms with E-state index < -0.39 is 23.2 Å². The highest BCUT2D eigenvalue weighted by atomic mass is 35.5. The Morgan fingerprint density at radius 1 is 1.07 bits per heavy atom. The molecule has 232 valence electrons. The highest BCUT2D eigenvalue weighted by Gasteiger charge is 2.68. The molecule has 1 saturated carbocycles. The third kappa shape index (κ3) is 4.23. The van der Waals surface area contributed by atoms with Crippen LogP contribution < -0.4 is 10.1 Å². The van der Waals surface area contributed by atoms with E-state index in [0.717, 1.165) is 44.1 Å².